The van der Waals surface area contributed by atoms with E-state index in [2.05, 4.69) is 10.6 Å². The highest BCUT2D eigenvalue weighted by Crippen LogP contribution is 2.31. The van der Waals surface area contributed by atoms with Gasteiger partial charge in [0, 0.05) is 36.9 Å². The predicted octanol–water partition coefficient (Wildman–Crippen LogP) is 2.70. The van der Waals surface area contributed by atoms with Gasteiger partial charge in [-0.2, -0.15) is 5.10 Å². The smallest absolute Gasteiger partial charge is 0.274 e. The van der Waals surface area contributed by atoms with Gasteiger partial charge in [-0.15, -0.1) is 0 Å². The molecule has 30 heavy (non-hydrogen) atoms. The molecule has 8 heteroatoms. The van der Waals surface area contributed by atoms with Gasteiger partial charge in [0.2, 0.25) is 0 Å². The van der Waals surface area contributed by atoms with Crippen molar-refractivity contribution in [1.29, 1.82) is 0 Å². The number of methoxy groups -OCH3 is 1. The maximum Gasteiger partial charge on any atom is 0.274 e. The van der Waals surface area contributed by atoms with Crippen molar-refractivity contribution in [2.75, 3.05) is 19.5 Å². The molecule has 1 saturated carbocycles. The summed E-state index contributed by atoms with van der Waals surface area (Å²) < 4.78 is 8.89. The lowest BCUT2D eigenvalue weighted by molar-refractivity contribution is 0.102. The Hall–Kier alpha value is -3.13. The Bertz CT molecular complexity index is 1130. The number of rotatable bonds is 5. The van der Waals surface area contributed by atoms with Crippen LogP contribution in [0.1, 0.15) is 42.1 Å². The third-order valence-corrected chi connectivity index (χ3v) is 5.94. The van der Waals surface area contributed by atoms with Gasteiger partial charge >= 0.3 is 0 Å². The molecule has 0 unspecified atom stereocenters. The summed E-state index contributed by atoms with van der Waals surface area (Å²) in [6.07, 6.45) is 8.03. The molecule has 1 aromatic carbocycles. The zero-order valence-corrected chi connectivity index (χ0v) is 17.5. The highest BCUT2D eigenvalue weighted by molar-refractivity contribution is 6.08. The quantitative estimate of drug-likeness (QED) is 0.676. The van der Waals surface area contributed by atoms with Crippen LogP contribution in [-0.2, 0) is 7.05 Å². The number of amides is 1. The van der Waals surface area contributed by atoms with E-state index in [9.17, 15) is 9.59 Å². The van der Waals surface area contributed by atoms with Crippen molar-refractivity contribution in [3.63, 3.8) is 0 Å². The first kappa shape index (κ1) is 20.2. The number of anilines is 1. The molecule has 0 atom stereocenters. The van der Waals surface area contributed by atoms with E-state index in [1.165, 1.54) is 11.7 Å². The van der Waals surface area contributed by atoms with Crippen LogP contribution in [0.4, 0.5) is 5.69 Å². The maximum absolute atomic E-state index is 12.9. The van der Waals surface area contributed by atoms with Crippen molar-refractivity contribution in [3.8, 4) is 5.75 Å². The van der Waals surface area contributed by atoms with E-state index in [1.54, 1.807) is 37.5 Å². The van der Waals surface area contributed by atoms with Crippen molar-refractivity contribution in [2.45, 2.75) is 37.8 Å². The maximum atomic E-state index is 12.9. The van der Waals surface area contributed by atoms with Gasteiger partial charge in [0.25, 0.3) is 11.5 Å². The molecular weight excluding hydrogens is 382 g/mol. The van der Waals surface area contributed by atoms with Gasteiger partial charge in [0.05, 0.1) is 24.2 Å². The van der Waals surface area contributed by atoms with E-state index in [-0.39, 0.29) is 17.2 Å². The number of carbonyl (C=O) groups is 1. The van der Waals surface area contributed by atoms with Crippen LogP contribution >= 0.6 is 0 Å². The third kappa shape index (κ3) is 3.82. The van der Waals surface area contributed by atoms with Crippen LogP contribution < -0.4 is 20.9 Å². The molecular formula is C22H27N5O3. The topological polar surface area (TPSA) is 90.2 Å². The Morgan fingerprint density at radius 1 is 1.23 bits per heavy atom. The summed E-state index contributed by atoms with van der Waals surface area (Å²) in [5, 5.41) is 11.7. The molecule has 3 aromatic rings. The summed E-state index contributed by atoms with van der Waals surface area (Å²) in [4.78, 5) is 25.1. The van der Waals surface area contributed by atoms with Crippen molar-refractivity contribution < 1.29 is 9.53 Å². The van der Waals surface area contributed by atoms with Crippen molar-refractivity contribution in [3.05, 3.63) is 52.6 Å². The number of aromatic nitrogens is 3. The van der Waals surface area contributed by atoms with Crippen molar-refractivity contribution >= 4 is 22.5 Å². The molecule has 2 aromatic heterocycles. The Kier molecular flexibility index (Phi) is 5.59. The zero-order chi connectivity index (χ0) is 21.3. The number of hydrogen-bond donors (Lipinski definition) is 2. The molecule has 1 fully saturated rings. The van der Waals surface area contributed by atoms with Gasteiger partial charge in [-0.25, -0.2) is 0 Å². The second kappa shape index (κ2) is 8.31. The average molecular weight is 409 g/mol. The van der Waals surface area contributed by atoms with Crippen LogP contribution in [0.5, 0.6) is 5.75 Å². The van der Waals surface area contributed by atoms with Gasteiger partial charge in [-0.1, -0.05) is 0 Å². The average Bonchev–Trinajstić information content (AvgIpc) is 3.19. The third-order valence-electron chi connectivity index (χ3n) is 5.94. The fourth-order valence-electron chi connectivity index (χ4n) is 4.12. The second-order valence-electron chi connectivity index (χ2n) is 7.81. The zero-order valence-electron chi connectivity index (χ0n) is 17.5. The summed E-state index contributed by atoms with van der Waals surface area (Å²) in [5.74, 6) is 0.0382. The van der Waals surface area contributed by atoms with E-state index in [4.69, 9.17) is 9.84 Å². The number of ether oxygens (including phenoxy) is 1. The van der Waals surface area contributed by atoms with Gasteiger partial charge in [-0.3, -0.25) is 14.3 Å². The number of aryl methyl sites for hydroxylation is 1. The molecule has 1 aliphatic carbocycles. The molecule has 0 radical (unpaired) electrons. The van der Waals surface area contributed by atoms with Gasteiger partial charge in [0.1, 0.15) is 11.4 Å². The Morgan fingerprint density at radius 2 is 2.00 bits per heavy atom. The summed E-state index contributed by atoms with van der Waals surface area (Å²) >= 11 is 0. The van der Waals surface area contributed by atoms with Crippen molar-refractivity contribution in [1.82, 2.24) is 19.7 Å². The molecule has 2 N–H and O–H groups in total. The first-order valence-electron chi connectivity index (χ1n) is 10.2. The van der Waals surface area contributed by atoms with Gasteiger partial charge in [0.15, 0.2) is 0 Å². The van der Waals surface area contributed by atoms with E-state index in [0.717, 1.165) is 36.6 Å². The number of fused-ring (bicyclic) bond motifs is 1. The number of hydrogen-bond acceptors (Lipinski definition) is 5. The SMILES string of the molecule is CN[C@H]1CC[C@H](n2cc3cc(C(=O)Nc4cccn(C)c4=O)c(OC)cc3n2)CC1. The first-order chi connectivity index (χ1) is 14.5. The van der Waals surface area contributed by atoms with Gasteiger partial charge in [-0.05, 0) is 50.9 Å². The Balaban J connectivity index is 1.62. The molecule has 4 rings (SSSR count). The molecule has 1 aliphatic rings. The summed E-state index contributed by atoms with van der Waals surface area (Å²) in [7, 11) is 5.18. The first-order valence-corrected chi connectivity index (χ1v) is 10.2. The molecule has 2 heterocycles. The Labute approximate surface area is 174 Å². The van der Waals surface area contributed by atoms with Gasteiger partial charge < -0.3 is 19.9 Å². The van der Waals surface area contributed by atoms with Crippen LogP contribution in [0.3, 0.4) is 0 Å². The number of benzene rings is 1. The van der Waals surface area contributed by atoms with Crippen LogP contribution in [0.2, 0.25) is 0 Å². The van der Waals surface area contributed by atoms with E-state index >= 15 is 0 Å². The fraction of sp³-hybridized carbons (Fsp3) is 0.409. The van der Waals surface area contributed by atoms with E-state index in [1.807, 2.05) is 17.9 Å². The van der Waals surface area contributed by atoms with Crippen LogP contribution in [-0.4, -0.2) is 40.5 Å². The lowest BCUT2D eigenvalue weighted by Gasteiger charge is -2.28. The molecule has 8 nitrogen and oxygen atoms in total. The highest BCUT2D eigenvalue weighted by Gasteiger charge is 2.23. The predicted molar refractivity (Wildman–Crippen MR) is 116 cm³/mol. The molecule has 158 valence electrons. The highest BCUT2D eigenvalue weighted by atomic mass is 16.5. The molecule has 0 saturated heterocycles. The standard InChI is InChI=1S/C22H27N5O3/c1-23-15-6-8-16(9-7-15)27-13-14-11-17(20(30-3)12-19(14)25-27)21(28)24-18-5-4-10-26(2)22(18)29/h4-5,10-13,15-16,23H,6-9H2,1-3H3,(H,24,28)/t15-,16-. The Morgan fingerprint density at radius 3 is 2.70 bits per heavy atom. The van der Waals surface area contributed by atoms with Crippen molar-refractivity contribution in [2.24, 2.45) is 7.05 Å². The number of nitrogens with one attached hydrogen (secondary N) is 2. The van der Waals surface area contributed by atoms with E-state index < -0.39 is 0 Å². The van der Waals surface area contributed by atoms with Crippen LogP contribution in [0.25, 0.3) is 10.9 Å². The molecule has 0 spiro atoms. The minimum atomic E-state index is -0.390. The summed E-state index contributed by atoms with van der Waals surface area (Å²) in [5.41, 5.74) is 1.11. The number of carbonyl (C=O) groups excluding carboxylic acids is 1. The summed E-state index contributed by atoms with van der Waals surface area (Å²) in [6, 6.07) is 7.79. The lowest BCUT2D eigenvalue weighted by Crippen LogP contribution is -2.31. The number of pyridine rings is 1. The molecule has 0 aliphatic heterocycles. The minimum absolute atomic E-state index is 0.226. The lowest BCUT2D eigenvalue weighted by atomic mass is 9.91. The second-order valence-corrected chi connectivity index (χ2v) is 7.81. The number of nitrogens with zero attached hydrogens (tertiary/aromatic N) is 3. The van der Waals surface area contributed by atoms with Crippen LogP contribution in [0.15, 0.2) is 41.5 Å². The summed E-state index contributed by atoms with van der Waals surface area (Å²) in [6.45, 7) is 0. The fourth-order valence-corrected chi connectivity index (χ4v) is 4.12. The van der Waals surface area contributed by atoms with Crippen LogP contribution in [0, 0.1) is 0 Å². The normalized spacial score (nSPS) is 19.0. The molecule has 1 amide bonds. The monoisotopic (exact) mass is 409 g/mol. The largest absolute Gasteiger partial charge is 0.496 e. The van der Waals surface area contributed by atoms with E-state index in [0.29, 0.717) is 23.4 Å². The minimum Gasteiger partial charge on any atom is -0.496 e. The molecule has 0 bridgehead atoms.